The van der Waals surface area contributed by atoms with Crippen LogP contribution in [0.2, 0.25) is 0 Å². The molecule has 0 fully saturated rings. The number of hydrogen-bond acceptors (Lipinski definition) is 3. The Labute approximate surface area is 112 Å². The molecule has 4 nitrogen and oxygen atoms in total. The molecule has 1 aliphatic rings. The van der Waals surface area contributed by atoms with Gasteiger partial charge in [-0.1, -0.05) is 18.2 Å². The van der Waals surface area contributed by atoms with E-state index in [4.69, 9.17) is 4.74 Å². The fourth-order valence-electron chi connectivity index (χ4n) is 2.61. The van der Waals surface area contributed by atoms with Crippen LogP contribution in [0.1, 0.15) is 36.3 Å². The van der Waals surface area contributed by atoms with Crippen LogP contribution < -0.4 is 4.74 Å². The number of aromatic nitrogens is 2. The molecule has 1 aliphatic heterocycles. The second-order valence-corrected chi connectivity index (χ2v) is 4.79. The first-order valence-electron chi connectivity index (χ1n) is 6.74. The second kappa shape index (κ2) is 5.05. The molecule has 19 heavy (non-hydrogen) atoms. The number of aliphatic hydroxyl groups is 1. The van der Waals surface area contributed by atoms with Crippen molar-refractivity contribution in [2.75, 3.05) is 6.61 Å². The molecule has 0 bridgehead atoms. The zero-order chi connectivity index (χ0) is 13.2. The Morgan fingerprint density at radius 3 is 3.21 bits per heavy atom. The lowest BCUT2D eigenvalue weighted by atomic mass is 9.98. The first-order chi connectivity index (χ1) is 9.31. The topological polar surface area (TPSA) is 47.3 Å². The van der Waals surface area contributed by atoms with Gasteiger partial charge in [-0.3, -0.25) is 0 Å². The largest absolute Gasteiger partial charge is 0.493 e. The fraction of sp³-hybridized carbons (Fsp3) is 0.400. The Bertz CT molecular complexity index is 577. The van der Waals surface area contributed by atoms with Crippen LogP contribution in [0.3, 0.4) is 0 Å². The fourth-order valence-corrected chi connectivity index (χ4v) is 2.61. The Balaban J connectivity index is 2.02. The molecule has 4 heteroatoms. The van der Waals surface area contributed by atoms with E-state index in [2.05, 4.69) is 11.1 Å². The van der Waals surface area contributed by atoms with Gasteiger partial charge >= 0.3 is 0 Å². The SMILES string of the molecule is CCn1cncc1C(O)c1cccc2c1OCCC2. The van der Waals surface area contributed by atoms with Gasteiger partial charge in [0.1, 0.15) is 11.9 Å². The smallest absolute Gasteiger partial charge is 0.128 e. The van der Waals surface area contributed by atoms with E-state index in [9.17, 15) is 5.11 Å². The zero-order valence-corrected chi connectivity index (χ0v) is 11.0. The molecule has 0 radical (unpaired) electrons. The van der Waals surface area contributed by atoms with Crippen molar-refractivity contribution in [2.24, 2.45) is 0 Å². The lowest BCUT2D eigenvalue weighted by Gasteiger charge is -2.23. The van der Waals surface area contributed by atoms with Gasteiger partial charge in [-0.25, -0.2) is 4.98 Å². The number of fused-ring (bicyclic) bond motifs is 1. The van der Waals surface area contributed by atoms with Gasteiger partial charge in [-0.2, -0.15) is 0 Å². The predicted molar refractivity (Wildman–Crippen MR) is 72.2 cm³/mol. The van der Waals surface area contributed by atoms with Gasteiger partial charge in [0, 0.05) is 12.1 Å². The van der Waals surface area contributed by atoms with Gasteiger partial charge in [0.15, 0.2) is 0 Å². The molecular weight excluding hydrogens is 240 g/mol. The molecule has 0 aliphatic carbocycles. The Hall–Kier alpha value is -1.81. The number of ether oxygens (including phenoxy) is 1. The molecule has 0 saturated heterocycles. The number of aryl methyl sites for hydroxylation is 2. The summed E-state index contributed by atoms with van der Waals surface area (Å²) < 4.78 is 7.71. The molecule has 1 unspecified atom stereocenters. The minimum atomic E-state index is -0.685. The van der Waals surface area contributed by atoms with Crippen LogP contribution >= 0.6 is 0 Å². The third-order valence-corrected chi connectivity index (χ3v) is 3.62. The van der Waals surface area contributed by atoms with Crippen LogP contribution in [0.5, 0.6) is 5.75 Å². The molecule has 1 aromatic carbocycles. The first kappa shape index (κ1) is 12.2. The second-order valence-electron chi connectivity index (χ2n) is 4.79. The van der Waals surface area contributed by atoms with Gasteiger partial charge in [0.25, 0.3) is 0 Å². The van der Waals surface area contributed by atoms with E-state index in [1.54, 1.807) is 12.5 Å². The average Bonchev–Trinajstić information content (AvgIpc) is 2.94. The Morgan fingerprint density at radius 2 is 2.37 bits per heavy atom. The number of hydrogen-bond donors (Lipinski definition) is 1. The molecule has 2 aromatic rings. The van der Waals surface area contributed by atoms with Crippen molar-refractivity contribution in [1.29, 1.82) is 0 Å². The van der Waals surface area contributed by atoms with Crippen molar-refractivity contribution in [3.63, 3.8) is 0 Å². The van der Waals surface area contributed by atoms with Crippen molar-refractivity contribution in [1.82, 2.24) is 9.55 Å². The maximum absolute atomic E-state index is 10.6. The highest BCUT2D eigenvalue weighted by Crippen LogP contribution is 2.35. The van der Waals surface area contributed by atoms with E-state index in [-0.39, 0.29) is 0 Å². The Kier molecular flexibility index (Phi) is 3.25. The monoisotopic (exact) mass is 258 g/mol. The lowest BCUT2D eigenvalue weighted by molar-refractivity contribution is 0.198. The number of imidazole rings is 1. The molecule has 0 spiro atoms. The van der Waals surface area contributed by atoms with Crippen molar-refractivity contribution >= 4 is 0 Å². The summed E-state index contributed by atoms with van der Waals surface area (Å²) in [5.74, 6) is 0.852. The van der Waals surface area contributed by atoms with Gasteiger partial charge in [0.05, 0.1) is 24.8 Å². The van der Waals surface area contributed by atoms with Gasteiger partial charge < -0.3 is 14.4 Å². The quantitative estimate of drug-likeness (QED) is 0.919. The molecule has 100 valence electrons. The summed E-state index contributed by atoms with van der Waals surface area (Å²) in [6, 6.07) is 5.99. The minimum absolute atomic E-state index is 0.685. The first-order valence-corrected chi connectivity index (χ1v) is 6.74. The van der Waals surface area contributed by atoms with Crippen molar-refractivity contribution in [2.45, 2.75) is 32.4 Å². The van der Waals surface area contributed by atoms with Gasteiger partial charge in [0.2, 0.25) is 0 Å². The standard InChI is InChI=1S/C15H18N2O2/c1-2-17-10-16-9-13(17)14(18)12-7-3-5-11-6-4-8-19-15(11)12/h3,5,7,9-10,14,18H,2,4,6,8H2,1H3. The summed E-state index contributed by atoms with van der Waals surface area (Å²) in [6.07, 6.45) is 4.84. The van der Waals surface area contributed by atoms with E-state index in [1.807, 2.05) is 23.6 Å². The minimum Gasteiger partial charge on any atom is -0.493 e. The van der Waals surface area contributed by atoms with Crippen LogP contribution in [0.25, 0.3) is 0 Å². The van der Waals surface area contributed by atoms with Crippen molar-refractivity contribution < 1.29 is 9.84 Å². The van der Waals surface area contributed by atoms with E-state index in [0.717, 1.165) is 43.0 Å². The van der Waals surface area contributed by atoms with E-state index in [1.165, 1.54) is 5.56 Å². The number of rotatable bonds is 3. The molecule has 1 atom stereocenters. The molecular formula is C15H18N2O2. The molecule has 1 N–H and O–H groups in total. The van der Waals surface area contributed by atoms with E-state index >= 15 is 0 Å². The number of para-hydroxylation sites is 1. The highest BCUT2D eigenvalue weighted by atomic mass is 16.5. The molecule has 1 aromatic heterocycles. The number of nitrogens with zero attached hydrogens (tertiary/aromatic N) is 2. The maximum atomic E-state index is 10.6. The van der Waals surface area contributed by atoms with Crippen LogP contribution in [0.15, 0.2) is 30.7 Å². The zero-order valence-electron chi connectivity index (χ0n) is 11.0. The Morgan fingerprint density at radius 1 is 1.47 bits per heavy atom. The average molecular weight is 258 g/mol. The number of benzene rings is 1. The predicted octanol–water partition coefficient (Wildman–Crippen LogP) is 2.31. The van der Waals surface area contributed by atoms with Gasteiger partial charge in [-0.05, 0) is 25.3 Å². The maximum Gasteiger partial charge on any atom is 0.128 e. The lowest BCUT2D eigenvalue weighted by Crippen LogP contribution is -2.14. The molecule has 0 saturated carbocycles. The summed E-state index contributed by atoms with van der Waals surface area (Å²) >= 11 is 0. The van der Waals surface area contributed by atoms with Crippen LogP contribution in [0.4, 0.5) is 0 Å². The summed E-state index contributed by atoms with van der Waals surface area (Å²) in [6.45, 7) is 3.56. The molecule has 2 heterocycles. The summed E-state index contributed by atoms with van der Waals surface area (Å²) in [7, 11) is 0. The summed E-state index contributed by atoms with van der Waals surface area (Å²) in [4.78, 5) is 4.11. The highest BCUT2D eigenvalue weighted by molar-refractivity contribution is 5.46. The van der Waals surface area contributed by atoms with Crippen LogP contribution in [-0.2, 0) is 13.0 Å². The summed E-state index contributed by atoms with van der Waals surface area (Å²) in [5, 5.41) is 10.6. The van der Waals surface area contributed by atoms with E-state index in [0.29, 0.717) is 0 Å². The summed E-state index contributed by atoms with van der Waals surface area (Å²) in [5.41, 5.74) is 2.84. The highest BCUT2D eigenvalue weighted by Gasteiger charge is 2.22. The van der Waals surface area contributed by atoms with Gasteiger partial charge in [-0.15, -0.1) is 0 Å². The normalized spacial score (nSPS) is 15.7. The third kappa shape index (κ3) is 2.12. The van der Waals surface area contributed by atoms with Crippen LogP contribution in [-0.4, -0.2) is 21.3 Å². The van der Waals surface area contributed by atoms with Crippen molar-refractivity contribution in [3.05, 3.63) is 47.5 Å². The third-order valence-electron chi connectivity index (χ3n) is 3.62. The van der Waals surface area contributed by atoms with Crippen LogP contribution in [0, 0.1) is 0 Å². The molecule has 3 rings (SSSR count). The molecule has 0 amide bonds. The number of aliphatic hydroxyl groups excluding tert-OH is 1. The van der Waals surface area contributed by atoms with Crippen molar-refractivity contribution in [3.8, 4) is 5.75 Å². The van der Waals surface area contributed by atoms with E-state index < -0.39 is 6.10 Å².